The molecule has 2 rings (SSSR count). The predicted octanol–water partition coefficient (Wildman–Crippen LogP) is 0.892. The molecule has 0 amide bonds. The highest BCUT2D eigenvalue weighted by Gasteiger charge is 2.33. The summed E-state index contributed by atoms with van der Waals surface area (Å²) in [5, 5.41) is 0. The first-order chi connectivity index (χ1) is 7.22. The van der Waals surface area contributed by atoms with E-state index in [2.05, 4.69) is 23.8 Å². The van der Waals surface area contributed by atoms with Crippen LogP contribution in [0.25, 0.3) is 0 Å². The standard InChI is InChI=1S/C12H25N3/c1-3-10-9-15(8-7-14(10)2)12-6-4-5-11(12)13/h10-12H,3-9,13H2,1-2H3. The molecule has 0 aromatic heterocycles. The minimum atomic E-state index is 0.436. The van der Waals surface area contributed by atoms with Crippen LogP contribution in [0.2, 0.25) is 0 Å². The number of nitrogens with zero attached hydrogens (tertiary/aromatic N) is 2. The van der Waals surface area contributed by atoms with Gasteiger partial charge in [0.05, 0.1) is 0 Å². The van der Waals surface area contributed by atoms with E-state index in [4.69, 9.17) is 5.73 Å². The van der Waals surface area contributed by atoms with Crippen LogP contribution in [0.4, 0.5) is 0 Å². The zero-order chi connectivity index (χ0) is 10.8. The van der Waals surface area contributed by atoms with E-state index in [-0.39, 0.29) is 0 Å². The topological polar surface area (TPSA) is 32.5 Å². The Morgan fingerprint density at radius 3 is 2.67 bits per heavy atom. The molecule has 88 valence electrons. The summed E-state index contributed by atoms with van der Waals surface area (Å²) in [6.07, 6.45) is 5.14. The zero-order valence-corrected chi connectivity index (χ0v) is 10.2. The Balaban J connectivity index is 1.93. The van der Waals surface area contributed by atoms with Gasteiger partial charge in [-0.15, -0.1) is 0 Å². The van der Waals surface area contributed by atoms with Gasteiger partial charge < -0.3 is 10.6 Å². The lowest BCUT2D eigenvalue weighted by Gasteiger charge is -2.43. The number of piperazine rings is 1. The average Bonchev–Trinajstić information content (AvgIpc) is 2.65. The second-order valence-corrected chi connectivity index (χ2v) is 5.20. The minimum Gasteiger partial charge on any atom is -0.326 e. The first kappa shape index (κ1) is 11.4. The lowest BCUT2D eigenvalue weighted by Crippen LogP contribution is -2.56. The van der Waals surface area contributed by atoms with Gasteiger partial charge in [-0.1, -0.05) is 13.3 Å². The molecule has 0 spiro atoms. The van der Waals surface area contributed by atoms with Gasteiger partial charge in [-0.05, 0) is 26.3 Å². The second kappa shape index (κ2) is 4.81. The maximum atomic E-state index is 6.18. The van der Waals surface area contributed by atoms with Crippen molar-refractivity contribution >= 4 is 0 Å². The Kier molecular flexibility index (Phi) is 3.65. The van der Waals surface area contributed by atoms with Crippen LogP contribution in [0.1, 0.15) is 32.6 Å². The Morgan fingerprint density at radius 2 is 2.07 bits per heavy atom. The molecule has 1 aliphatic heterocycles. The molecule has 0 aromatic carbocycles. The van der Waals surface area contributed by atoms with Crippen LogP contribution >= 0.6 is 0 Å². The first-order valence-corrected chi connectivity index (χ1v) is 6.42. The van der Waals surface area contributed by atoms with Gasteiger partial charge in [0.1, 0.15) is 0 Å². The molecule has 3 atom stereocenters. The fourth-order valence-electron chi connectivity index (χ4n) is 3.13. The number of likely N-dealkylation sites (N-methyl/N-ethyl adjacent to an activating group) is 1. The summed E-state index contributed by atoms with van der Waals surface area (Å²) < 4.78 is 0. The summed E-state index contributed by atoms with van der Waals surface area (Å²) in [6.45, 7) is 5.94. The van der Waals surface area contributed by atoms with Crippen LogP contribution in [-0.2, 0) is 0 Å². The van der Waals surface area contributed by atoms with Crippen molar-refractivity contribution in [2.75, 3.05) is 26.7 Å². The van der Waals surface area contributed by atoms with Crippen molar-refractivity contribution in [2.45, 2.75) is 50.7 Å². The fraction of sp³-hybridized carbons (Fsp3) is 1.00. The summed E-state index contributed by atoms with van der Waals surface area (Å²) in [5.74, 6) is 0. The zero-order valence-electron chi connectivity index (χ0n) is 10.2. The Morgan fingerprint density at radius 1 is 1.27 bits per heavy atom. The molecule has 1 saturated carbocycles. The number of rotatable bonds is 2. The number of hydrogen-bond donors (Lipinski definition) is 1. The van der Waals surface area contributed by atoms with Gasteiger partial charge in [-0.3, -0.25) is 4.90 Å². The molecule has 3 heteroatoms. The van der Waals surface area contributed by atoms with Crippen molar-refractivity contribution in [1.82, 2.24) is 9.80 Å². The summed E-state index contributed by atoms with van der Waals surface area (Å²) in [7, 11) is 2.25. The molecule has 3 unspecified atom stereocenters. The third-order valence-electron chi connectivity index (χ3n) is 4.28. The highest BCUT2D eigenvalue weighted by atomic mass is 15.3. The predicted molar refractivity (Wildman–Crippen MR) is 63.9 cm³/mol. The van der Waals surface area contributed by atoms with Gasteiger partial charge in [0, 0.05) is 37.8 Å². The van der Waals surface area contributed by atoms with Crippen LogP contribution in [0.15, 0.2) is 0 Å². The van der Waals surface area contributed by atoms with Crippen molar-refractivity contribution in [1.29, 1.82) is 0 Å². The van der Waals surface area contributed by atoms with E-state index in [0.29, 0.717) is 12.1 Å². The maximum Gasteiger partial charge on any atom is 0.0248 e. The first-order valence-electron chi connectivity index (χ1n) is 6.42. The van der Waals surface area contributed by atoms with Crippen LogP contribution in [-0.4, -0.2) is 54.6 Å². The Labute approximate surface area is 93.6 Å². The van der Waals surface area contributed by atoms with Crippen LogP contribution in [0, 0.1) is 0 Å². The van der Waals surface area contributed by atoms with Crippen LogP contribution in [0.5, 0.6) is 0 Å². The third kappa shape index (κ3) is 2.35. The summed E-state index contributed by atoms with van der Waals surface area (Å²) >= 11 is 0. The van der Waals surface area contributed by atoms with E-state index in [1.807, 2.05) is 0 Å². The van der Waals surface area contributed by atoms with E-state index in [0.717, 1.165) is 6.04 Å². The van der Waals surface area contributed by atoms with Gasteiger partial charge in [-0.2, -0.15) is 0 Å². The monoisotopic (exact) mass is 211 g/mol. The number of hydrogen-bond acceptors (Lipinski definition) is 3. The summed E-state index contributed by atoms with van der Waals surface area (Å²) in [5.41, 5.74) is 6.18. The smallest absolute Gasteiger partial charge is 0.0248 e. The molecule has 3 nitrogen and oxygen atoms in total. The van der Waals surface area contributed by atoms with Crippen molar-refractivity contribution in [3.8, 4) is 0 Å². The Hall–Kier alpha value is -0.120. The molecule has 0 radical (unpaired) electrons. The molecular formula is C12H25N3. The number of nitrogens with two attached hydrogens (primary N) is 1. The van der Waals surface area contributed by atoms with Crippen molar-refractivity contribution in [3.63, 3.8) is 0 Å². The molecule has 1 aliphatic carbocycles. The average molecular weight is 211 g/mol. The van der Waals surface area contributed by atoms with Gasteiger partial charge in [0.25, 0.3) is 0 Å². The molecule has 1 heterocycles. The second-order valence-electron chi connectivity index (χ2n) is 5.20. The van der Waals surface area contributed by atoms with Gasteiger partial charge in [0.15, 0.2) is 0 Å². The van der Waals surface area contributed by atoms with E-state index >= 15 is 0 Å². The minimum absolute atomic E-state index is 0.436. The van der Waals surface area contributed by atoms with Crippen LogP contribution < -0.4 is 5.73 Å². The van der Waals surface area contributed by atoms with E-state index in [1.54, 1.807) is 0 Å². The lowest BCUT2D eigenvalue weighted by atomic mass is 10.1. The Bertz CT molecular complexity index is 207. The molecule has 0 bridgehead atoms. The highest BCUT2D eigenvalue weighted by Crippen LogP contribution is 2.25. The van der Waals surface area contributed by atoms with E-state index < -0.39 is 0 Å². The van der Waals surface area contributed by atoms with Gasteiger partial charge in [0.2, 0.25) is 0 Å². The molecular weight excluding hydrogens is 186 g/mol. The quantitative estimate of drug-likeness (QED) is 0.736. The van der Waals surface area contributed by atoms with E-state index in [9.17, 15) is 0 Å². The van der Waals surface area contributed by atoms with Crippen molar-refractivity contribution in [2.24, 2.45) is 5.73 Å². The molecule has 1 saturated heterocycles. The maximum absolute atomic E-state index is 6.18. The molecule has 2 N–H and O–H groups in total. The van der Waals surface area contributed by atoms with Gasteiger partial charge in [-0.25, -0.2) is 0 Å². The largest absolute Gasteiger partial charge is 0.326 e. The fourth-order valence-corrected chi connectivity index (χ4v) is 3.13. The van der Waals surface area contributed by atoms with Gasteiger partial charge >= 0.3 is 0 Å². The van der Waals surface area contributed by atoms with Crippen LogP contribution in [0.3, 0.4) is 0 Å². The SMILES string of the molecule is CCC1CN(C2CCCC2N)CCN1C. The molecule has 0 aromatic rings. The molecule has 15 heavy (non-hydrogen) atoms. The van der Waals surface area contributed by atoms with E-state index in [1.165, 1.54) is 45.3 Å². The summed E-state index contributed by atoms with van der Waals surface area (Å²) in [4.78, 5) is 5.14. The normalized spacial score (nSPS) is 39.8. The highest BCUT2D eigenvalue weighted by molar-refractivity contribution is 4.92. The lowest BCUT2D eigenvalue weighted by molar-refractivity contribution is 0.0595. The molecule has 2 aliphatic rings. The molecule has 2 fully saturated rings. The third-order valence-corrected chi connectivity index (χ3v) is 4.28. The van der Waals surface area contributed by atoms with Crippen molar-refractivity contribution in [3.05, 3.63) is 0 Å². The van der Waals surface area contributed by atoms with Crippen molar-refractivity contribution < 1.29 is 0 Å². The summed E-state index contributed by atoms with van der Waals surface area (Å²) in [6, 6.07) is 1.85.